The number of ether oxygens (including phenoxy) is 1. The molecule has 1 N–H and O–H groups in total. The molecular weight excluding hydrogens is 330 g/mol. The van der Waals surface area contributed by atoms with E-state index in [2.05, 4.69) is 39.1 Å². The van der Waals surface area contributed by atoms with Crippen molar-refractivity contribution < 1.29 is 19.1 Å². The van der Waals surface area contributed by atoms with Crippen LogP contribution in [0.1, 0.15) is 61.9 Å². The highest BCUT2D eigenvalue weighted by Crippen LogP contribution is 2.27. The molecule has 1 aliphatic rings. The summed E-state index contributed by atoms with van der Waals surface area (Å²) in [6.07, 6.45) is 4.74. The summed E-state index contributed by atoms with van der Waals surface area (Å²) in [5.74, 6) is -1.50. The van der Waals surface area contributed by atoms with Crippen molar-refractivity contribution in [1.82, 2.24) is 5.32 Å². The number of benzene rings is 1. The van der Waals surface area contributed by atoms with Crippen molar-refractivity contribution in [2.75, 3.05) is 0 Å². The number of nitrogens with one attached hydrogen (secondary N) is 1. The number of aryl methyl sites for hydroxylation is 1. The van der Waals surface area contributed by atoms with E-state index in [1.165, 1.54) is 22.3 Å². The summed E-state index contributed by atoms with van der Waals surface area (Å²) in [5.41, 5.74) is 6.52. The van der Waals surface area contributed by atoms with Crippen LogP contribution in [0.15, 0.2) is 17.7 Å². The van der Waals surface area contributed by atoms with Crippen molar-refractivity contribution in [2.24, 2.45) is 0 Å². The Morgan fingerprint density at radius 2 is 1.54 bits per heavy atom. The van der Waals surface area contributed by atoms with Crippen LogP contribution in [0.3, 0.4) is 0 Å². The van der Waals surface area contributed by atoms with E-state index in [9.17, 15) is 14.4 Å². The van der Waals surface area contributed by atoms with Crippen LogP contribution < -0.4 is 5.32 Å². The smallest absolute Gasteiger partial charge is 0.310 e. The summed E-state index contributed by atoms with van der Waals surface area (Å²) >= 11 is 0. The summed E-state index contributed by atoms with van der Waals surface area (Å²) in [6.45, 7) is 8.77. The van der Waals surface area contributed by atoms with E-state index in [0.717, 1.165) is 37.3 Å². The van der Waals surface area contributed by atoms with Crippen LogP contribution in [0, 0.1) is 0 Å². The molecule has 0 atom stereocenters. The molecule has 140 valence electrons. The summed E-state index contributed by atoms with van der Waals surface area (Å²) in [6, 6.07) is 2.15. The third-order valence-corrected chi connectivity index (χ3v) is 4.85. The van der Waals surface area contributed by atoms with Gasteiger partial charge < -0.3 is 4.74 Å². The molecule has 0 unspecified atom stereocenters. The number of amides is 2. The molecule has 1 aliphatic heterocycles. The Bertz CT molecular complexity index is 762. The van der Waals surface area contributed by atoms with E-state index in [1.807, 2.05) is 0 Å². The molecule has 0 bridgehead atoms. The van der Waals surface area contributed by atoms with E-state index in [1.54, 1.807) is 0 Å². The fourth-order valence-corrected chi connectivity index (χ4v) is 3.65. The Hall–Kier alpha value is -2.43. The lowest BCUT2D eigenvalue weighted by molar-refractivity contribution is -0.144. The molecule has 5 heteroatoms. The predicted molar refractivity (Wildman–Crippen MR) is 99.6 cm³/mol. The fourth-order valence-electron chi connectivity index (χ4n) is 3.65. The highest BCUT2D eigenvalue weighted by atomic mass is 16.5. The topological polar surface area (TPSA) is 72.5 Å². The van der Waals surface area contributed by atoms with Gasteiger partial charge in [0.15, 0.2) is 0 Å². The van der Waals surface area contributed by atoms with Gasteiger partial charge in [-0.25, -0.2) is 0 Å². The Morgan fingerprint density at radius 3 is 2.04 bits per heavy atom. The maximum atomic E-state index is 12.1. The van der Waals surface area contributed by atoms with Gasteiger partial charge >= 0.3 is 5.97 Å². The normalized spacial score (nSPS) is 13.6. The minimum Gasteiger partial charge on any atom is -0.461 e. The first kappa shape index (κ1) is 19.9. The zero-order chi connectivity index (χ0) is 19.3. The number of rotatable bonds is 8. The van der Waals surface area contributed by atoms with Gasteiger partial charge in [-0.3, -0.25) is 19.7 Å². The minimum absolute atomic E-state index is 0.153. The van der Waals surface area contributed by atoms with Gasteiger partial charge in [0, 0.05) is 11.6 Å². The van der Waals surface area contributed by atoms with E-state index in [0.29, 0.717) is 0 Å². The number of carbonyl (C=O) groups excluding carboxylic acids is 3. The van der Waals surface area contributed by atoms with Gasteiger partial charge in [0.25, 0.3) is 11.8 Å². The van der Waals surface area contributed by atoms with Gasteiger partial charge in [-0.15, -0.1) is 0 Å². The van der Waals surface area contributed by atoms with Gasteiger partial charge in [0.1, 0.15) is 6.61 Å². The molecular formula is C21H27NO4. The van der Waals surface area contributed by atoms with Gasteiger partial charge in [0.2, 0.25) is 0 Å². The van der Waals surface area contributed by atoms with Crippen LogP contribution in [0.25, 0.3) is 0 Å². The molecule has 0 aliphatic carbocycles. The SMILES string of the molecule is CCc1cc(COC(=O)CC2=CC(=O)NC2=O)c(CC)c(CC)c1CC. The highest BCUT2D eigenvalue weighted by molar-refractivity contribution is 6.17. The maximum Gasteiger partial charge on any atom is 0.310 e. The first-order chi connectivity index (χ1) is 12.4. The monoisotopic (exact) mass is 357 g/mol. The second kappa shape index (κ2) is 8.79. The molecule has 1 aromatic rings. The van der Waals surface area contributed by atoms with Crippen molar-refractivity contribution >= 4 is 17.8 Å². The molecule has 2 rings (SSSR count). The second-order valence-electron chi connectivity index (χ2n) is 6.37. The highest BCUT2D eigenvalue weighted by Gasteiger charge is 2.23. The molecule has 0 fully saturated rings. The summed E-state index contributed by atoms with van der Waals surface area (Å²) in [5, 5.41) is 2.13. The molecule has 26 heavy (non-hydrogen) atoms. The van der Waals surface area contributed by atoms with Crippen LogP contribution in [-0.2, 0) is 51.4 Å². The number of esters is 1. The van der Waals surface area contributed by atoms with Crippen LogP contribution in [0.4, 0.5) is 0 Å². The van der Waals surface area contributed by atoms with Gasteiger partial charge in [-0.05, 0) is 53.5 Å². The summed E-state index contributed by atoms with van der Waals surface area (Å²) in [4.78, 5) is 34.8. The number of hydrogen-bond acceptors (Lipinski definition) is 4. The molecule has 5 nitrogen and oxygen atoms in total. The average molecular weight is 357 g/mol. The molecule has 1 aromatic carbocycles. The number of imide groups is 1. The van der Waals surface area contributed by atoms with Gasteiger partial charge in [-0.2, -0.15) is 0 Å². The lowest BCUT2D eigenvalue weighted by Crippen LogP contribution is -2.23. The van der Waals surface area contributed by atoms with Gasteiger partial charge in [-0.1, -0.05) is 33.8 Å². The molecule has 0 aromatic heterocycles. The van der Waals surface area contributed by atoms with Crippen LogP contribution in [0.2, 0.25) is 0 Å². The predicted octanol–water partition coefficient (Wildman–Crippen LogP) is 2.95. The van der Waals surface area contributed by atoms with Crippen LogP contribution >= 0.6 is 0 Å². The number of hydrogen-bond donors (Lipinski definition) is 1. The largest absolute Gasteiger partial charge is 0.461 e. The third-order valence-electron chi connectivity index (χ3n) is 4.85. The molecule has 0 saturated carbocycles. The summed E-state index contributed by atoms with van der Waals surface area (Å²) < 4.78 is 5.42. The van der Waals surface area contributed by atoms with Crippen molar-refractivity contribution in [1.29, 1.82) is 0 Å². The average Bonchev–Trinajstić information content (AvgIpc) is 2.94. The fraction of sp³-hybridized carbons (Fsp3) is 0.476. The van der Waals surface area contributed by atoms with Crippen LogP contribution in [-0.4, -0.2) is 17.8 Å². The summed E-state index contributed by atoms with van der Waals surface area (Å²) in [7, 11) is 0. The Kier molecular flexibility index (Phi) is 6.72. The van der Waals surface area contributed by atoms with Crippen LogP contribution in [0.5, 0.6) is 0 Å². The zero-order valence-corrected chi connectivity index (χ0v) is 16.0. The van der Waals surface area contributed by atoms with E-state index >= 15 is 0 Å². The zero-order valence-electron chi connectivity index (χ0n) is 16.0. The first-order valence-corrected chi connectivity index (χ1v) is 9.31. The first-order valence-electron chi connectivity index (χ1n) is 9.31. The molecule has 1 heterocycles. The van der Waals surface area contributed by atoms with Crippen molar-refractivity contribution in [3.63, 3.8) is 0 Å². The Labute approximate surface area is 154 Å². The molecule has 0 radical (unpaired) electrons. The van der Waals surface area contributed by atoms with Crippen molar-refractivity contribution in [3.8, 4) is 0 Å². The third kappa shape index (κ3) is 4.21. The van der Waals surface area contributed by atoms with E-state index < -0.39 is 17.8 Å². The quantitative estimate of drug-likeness (QED) is 0.573. The number of carbonyl (C=O) groups is 3. The lowest BCUT2D eigenvalue weighted by Gasteiger charge is -2.20. The lowest BCUT2D eigenvalue weighted by atomic mass is 9.87. The Balaban J connectivity index is 2.18. The van der Waals surface area contributed by atoms with E-state index in [-0.39, 0.29) is 18.6 Å². The molecule has 2 amide bonds. The van der Waals surface area contributed by atoms with Gasteiger partial charge in [0.05, 0.1) is 6.42 Å². The minimum atomic E-state index is -0.518. The second-order valence-corrected chi connectivity index (χ2v) is 6.37. The molecule has 0 saturated heterocycles. The Morgan fingerprint density at radius 1 is 0.923 bits per heavy atom. The standard InChI is InChI=1S/C21H27NO4/c1-5-13-9-15(17(7-3)18(8-4)16(13)6-2)12-26-20(24)11-14-10-19(23)22-21(14)25/h9-10H,5-8,11-12H2,1-4H3,(H,22,23,25). The molecule has 0 spiro atoms. The van der Waals surface area contributed by atoms with Crippen molar-refractivity contribution in [2.45, 2.75) is 66.4 Å². The maximum absolute atomic E-state index is 12.1. The van der Waals surface area contributed by atoms with E-state index in [4.69, 9.17) is 4.74 Å². The van der Waals surface area contributed by atoms with Crippen molar-refractivity contribution in [3.05, 3.63) is 45.5 Å².